The Labute approximate surface area is 118 Å². The zero-order chi connectivity index (χ0) is 13.7. The van der Waals surface area contributed by atoms with E-state index in [1.54, 1.807) is 0 Å². The van der Waals surface area contributed by atoms with Crippen molar-refractivity contribution in [2.75, 3.05) is 0 Å². The SMILES string of the molecule is CC1CCC(C(O)C2(C#N)CCCCCCC2)CC1. The summed E-state index contributed by atoms with van der Waals surface area (Å²) in [4.78, 5) is 0. The molecule has 0 aromatic rings. The average molecular weight is 263 g/mol. The van der Waals surface area contributed by atoms with Gasteiger partial charge in [0.2, 0.25) is 0 Å². The monoisotopic (exact) mass is 263 g/mol. The van der Waals surface area contributed by atoms with Crippen LogP contribution in [-0.4, -0.2) is 11.2 Å². The van der Waals surface area contributed by atoms with Crippen molar-refractivity contribution in [1.29, 1.82) is 5.26 Å². The summed E-state index contributed by atoms with van der Waals surface area (Å²) in [6.45, 7) is 2.30. The quantitative estimate of drug-likeness (QED) is 0.801. The Morgan fingerprint density at radius 2 is 1.53 bits per heavy atom. The van der Waals surface area contributed by atoms with Crippen LogP contribution in [0.2, 0.25) is 0 Å². The third-order valence-corrected chi connectivity index (χ3v) is 5.54. The lowest BCUT2D eigenvalue weighted by Gasteiger charge is -2.40. The van der Waals surface area contributed by atoms with Gasteiger partial charge in [-0.25, -0.2) is 0 Å². The summed E-state index contributed by atoms with van der Waals surface area (Å²) in [5, 5.41) is 20.5. The average Bonchev–Trinajstić information content (AvgIpc) is 2.39. The van der Waals surface area contributed by atoms with Gasteiger partial charge in [-0.1, -0.05) is 51.9 Å². The van der Waals surface area contributed by atoms with E-state index in [9.17, 15) is 10.4 Å². The molecule has 1 atom stereocenters. The number of hydrogen-bond acceptors (Lipinski definition) is 2. The fourth-order valence-electron chi connectivity index (χ4n) is 4.06. The summed E-state index contributed by atoms with van der Waals surface area (Å²) in [6.07, 6.45) is 12.1. The molecule has 0 aliphatic heterocycles. The molecule has 0 saturated heterocycles. The topological polar surface area (TPSA) is 44.0 Å². The van der Waals surface area contributed by atoms with Crippen molar-refractivity contribution >= 4 is 0 Å². The highest BCUT2D eigenvalue weighted by Crippen LogP contribution is 2.43. The van der Waals surface area contributed by atoms with E-state index in [0.29, 0.717) is 5.92 Å². The van der Waals surface area contributed by atoms with Crippen LogP contribution in [0.15, 0.2) is 0 Å². The van der Waals surface area contributed by atoms with E-state index < -0.39 is 5.41 Å². The first-order valence-corrected chi connectivity index (χ1v) is 8.27. The van der Waals surface area contributed by atoms with E-state index in [2.05, 4.69) is 13.0 Å². The van der Waals surface area contributed by atoms with Gasteiger partial charge in [-0.2, -0.15) is 5.26 Å². The van der Waals surface area contributed by atoms with Gasteiger partial charge in [-0.15, -0.1) is 0 Å². The molecular formula is C17H29NO. The first-order chi connectivity index (χ1) is 9.18. The van der Waals surface area contributed by atoms with Crippen LogP contribution >= 0.6 is 0 Å². The van der Waals surface area contributed by atoms with E-state index in [1.807, 2.05) is 0 Å². The van der Waals surface area contributed by atoms with Crippen LogP contribution in [0, 0.1) is 28.6 Å². The summed E-state index contributed by atoms with van der Waals surface area (Å²) in [6, 6.07) is 2.54. The van der Waals surface area contributed by atoms with Gasteiger partial charge in [0.1, 0.15) is 0 Å². The molecule has 108 valence electrons. The summed E-state index contributed by atoms with van der Waals surface area (Å²) in [5.74, 6) is 1.18. The van der Waals surface area contributed by atoms with Crippen LogP contribution in [0.1, 0.15) is 77.6 Å². The summed E-state index contributed by atoms with van der Waals surface area (Å²) in [7, 11) is 0. The van der Waals surface area contributed by atoms with E-state index in [-0.39, 0.29) is 6.10 Å². The molecule has 19 heavy (non-hydrogen) atoms. The minimum atomic E-state index is -0.439. The molecule has 2 fully saturated rings. The molecular weight excluding hydrogens is 234 g/mol. The molecule has 2 aliphatic carbocycles. The normalized spacial score (nSPS) is 33.7. The van der Waals surface area contributed by atoms with Gasteiger partial charge in [-0.05, 0) is 37.5 Å². The zero-order valence-corrected chi connectivity index (χ0v) is 12.4. The predicted octanol–water partition coefficient (Wildman–Crippen LogP) is 4.43. The van der Waals surface area contributed by atoms with Crippen molar-refractivity contribution in [1.82, 2.24) is 0 Å². The Balaban J connectivity index is 2.03. The van der Waals surface area contributed by atoms with Gasteiger partial charge in [0.15, 0.2) is 0 Å². The molecule has 0 amide bonds. The fraction of sp³-hybridized carbons (Fsp3) is 0.941. The molecule has 0 aromatic carbocycles. The van der Waals surface area contributed by atoms with Crippen LogP contribution in [0.5, 0.6) is 0 Å². The van der Waals surface area contributed by atoms with Crippen molar-refractivity contribution in [3.05, 3.63) is 0 Å². The lowest BCUT2D eigenvalue weighted by Crippen LogP contribution is -2.41. The van der Waals surface area contributed by atoms with E-state index in [4.69, 9.17) is 0 Å². The van der Waals surface area contributed by atoms with Crippen molar-refractivity contribution in [3.63, 3.8) is 0 Å². The molecule has 2 aliphatic rings. The lowest BCUT2D eigenvalue weighted by atomic mass is 9.66. The minimum absolute atomic E-state index is 0.371. The van der Waals surface area contributed by atoms with Crippen LogP contribution in [0.4, 0.5) is 0 Å². The number of aliphatic hydroxyl groups is 1. The van der Waals surface area contributed by atoms with Crippen LogP contribution in [0.25, 0.3) is 0 Å². The van der Waals surface area contributed by atoms with Gasteiger partial charge >= 0.3 is 0 Å². The smallest absolute Gasteiger partial charge is 0.0835 e. The second-order valence-corrected chi connectivity index (χ2v) is 7.00. The predicted molar refractivity (Wildman–Crippen MR) is 77.5 cm³/mol. The third kappa shape index (κ3) is 3.51. The highest BCUT2D eigenvalue weighted by atomic mass is 16.3. The number of nitriles is 1. The summed E-state index contributed by atoms with van der Waals surface area (Å²) >= 11 is 0. The van der Waals surface area contributed by atoms with Gasteiger partial charge in [0.05, 0.1) is 17.6 Å². The van der Waals surface area contributed by atoms with Gasteiger partial charge in [0, 0.05) is 0 Å². The minimum Gasteiger partial charge on any atom is -0.391 e. The second-order valence-electron chi connectivity index (χ2n) is 7.00. The maximum atomic E-state index is 10.8. The van der Waals surface area contributed by atoms with Crippen molar-refractivity contribution < 1.29 is 5.11 Å². The standard InChI is InChI=1S/C17H29NO/c1-14-7-9-15(10-8-14)16(19)17(13-18)11-5-3-2-4-6-12-17/h14-16,19H,2-12H2,1H3. The van der Waals surface area contributed by atoms with Gasteiger partial charge < -0.3 is 5.11 Å². The van der Waals surface area contributed by atoms with Crippen LogP contribution in [-0.2, 0) is 0 Å². The largest absolute Gasteiger partial charge is 0.391 e. The third-order valence-electron chi connectivity index (χ3n) is 5.54. The number of rotatable bonds is 2. The summed E-state index contributed by atoms with van der Waals surface area (Å²) in [5.41, 5.74) is -0.439. The Hall–Kier alpha value is -0.550. The van der Waals surface area contributed by atoms with Crippen molar-refractivity contribution in [2.24, 2.45) is 17.3 Å². The first-order valence-electron chi connectivity index (χ1n) is 8.27. The second kappa shape index (κ2) is 6.75. The maximum Gasteiger partial charge on any atom is 0.0835 e. The molecule has 2 heteroatoms. The van der Waals surface area contributed by atoms with Crippen molar-refractivity contribution in [2.45, 2.75) is 83.7 Å². The maximum absolute atomic E-state index is 10.8. The summed E-state index contributed by atoms with van der Waals surface area (Å²) < 4.78 is 0. The molecule has 2 nitrogen and oxygen atoms in total. The Bertz CT molecular complexity index is 304. The van der Waals surface area contributed by atoms with Crippen LogP contribution in [0.3, 0.4) is 0 Å². The zero-order valence-electron chi connectivity index (χ0n) is 12.4. The Morgan fingerprint density at radius 1 is 1.00 bits per heavy atom. The number of aliphatic hydroxyl groups excluding tert-OH is 1. The molecule has 2 saturated carbocycles. The van der Waals surface area contributed by atoms with E-state index in [1.165, 1.54) is 32.1 Å². The van der Waals surface area contributed by atoms with Crippen molar-refractivity contribution in [3.8, 4) is 6.07 Å². The highest BCUT2D eigenvalue weighted by Gasteiger charge is 2.42. The van der Waals surface area contributed by atoms with Crippen LogP contribution < -0.4 is 0 Å². The van der Waals surface area contributed by atoms with Gasteiger partial charge in [-0.3, -0.25) is 0 Å². The fourth-order valence-corrected chi connectivity index (χ4v) is 4.06. The molecule has 0 heterocycles. The molecule has 2 rings (SSSR count). The molecule has 0 aromatic heterocycles. The highest BCUT2D eigenvalue weighted by molar-refractivity contribution is 5.06. The first kappa shape index (κ1) is 14.9. The molecule has 1 unspecified atom stereocenters. The molecule has 0 bridgehead atoms. The van der Waals surface area contributed by atoms with Gasteiger partial charge in [0.25, 0.3) is 0 Å². The lowest BCUT2D eigenvalue weighted by molar-refractivity contribution is -0.0180. The molecule has 1 N–H and O–H groups in total. The van der Waals surface area contributed by atoms with E-state index in [0.717, 1.165) is 44.4 Å². The Morgan fingerprint density at radius 3 is 2.05 bits per heavy atom. The number of hydrogen-bond donors (Lipinski definition) is 1. The number of nitrogens with zero attached hydrogens (tertiary/aromatic N) is 1. The molecule has 0 radical (unpaired) electrons. The Kier molecular flexibility index (Phi) is 5.28. The van der Waals surface area contributed by atoms with E-state index >= 15 is 0 Å². The molecule has 0 spiro atoms.